The Labute approximate surface area is 249 Å². The average Bonchev–Trinajstić information content (AvgIpc) is 3.51. The summed E-state index contributed by atoms with van der Waals surface area (Å²) in [4.78, 5) is 3.73. The zero-order chi connectivity index (χ0) is 31.3. The number of hydrogen-bond acceptors (Lipinski definition) is 5. The molecule has 230 valence electrons. The van der Waals surface area contributed by atoms with E-state index in [1.54, 1.807) is 7.05 Å². The van der Waals surface area contributed by atoms with E-state index in [1.165, 1.54) is 4.80 Å². The van der Waals surface area contributed by atoms with Crippen LogP contribution in [0.4, 0.5) is 26.3 Å². The lowest BCUT2D eigenvalue weighted by Crippen LogP contribution is -2.56. The van der Waals surface area contributed by atoms with Crippen LogP contribution >= 0.6 is 0 Å². The molecule has 0 amide bonds. The number of benzene rings is 3. The van der Waals surface area contributed by atoms with Crippen molar-refractivity contribution in [2.75, 3.05) is 0 Å². The number of tetrazole rings is 1. The fraction of sp³-hybridized carbons (Fsp3) is 0.344. The zero-order valence-electron chi connectivity index (χ0n) is 23.7. The Morgan fingerprint density at radius 1 is 0.909 bits per heavy atom. The van der Waals surface area contributed by atoms with E-state index in [0.717, 1.165) is 11.1 Å². The van der Waals surface area contributed by atoms with Crippen molar-refractivity contribution in [1.82, 2.24) is 25.1 Å². The molecule has 4 atom stereocenters. The van der Waals surface area contributed by atoms with Gasteiger partial charge < -0.3 is 4.74 Å². The van der Waals surface area contributed by atoms with Crippen LogP contribution in [0.15, 0.2) is 85.4 Å². The highest BCUT2D eigenvalue weighted by Crippen LogP contribution is 2.57. The van der Waals surface area contributed by atoms with Crippen LogP contribution in [-0.4, -0.2) is 37.3 Å². The number of ether oxygens (including phenoxy) is 1. The minimum Gasteiger partial charge on any atom is -0.488 e. The van der Waals surface area contributed by atoms with E-state index in [-0.39, 0.29) is 29.3 Å². The molecule has 2 aliphatic rings. The van der Waals surface area contributed by atoms with Crippen LogP contribution < -0.4 is 0 Å². The first kappa shape index (κ1) is 29.9. The number of alkyl halides is 6. The maximum absolute atomic E-state index is 13.7. The van der Waals surface area contributed by atoms with Gasteiger partial charge in [0, 0.05) is 24.1 Å². The van der Waals surface area contributed by atoms with Gasteiger partial charge in [0.05, 0.1) is 23.7 Å². The molecule has 3 heterocycles. The predicted octanol–water partition coefficient (Wildman–Crippen LogP) is 7.35. The normalized spacial score (nSPS) is 23.9. The number of hydrogen-bond donors (Lipinski definition) is 0. The first-order chi connectivity index (χ1) is 20.9. The Morgan fingerprint density at radius 3 is 2.09 bits per heavy atom. The highest BCUT2D eigenvalue weighted by atomic mass is 19.4. The number of aromatic nitrogens is 4. The van der Waals surface area contributed by atoms with Gasteiger partial charge in [-0.05, 0) is 53.8 Å². The summed E-state index contributed by atoms with van der Waals surface area (Å²) in [5.41, 5.74) is -2.11. The molecule has 0 spiro atoms. The highest BCUT2D eigenvalue weighted by Gasteiger charge is 2.61. The van der Waals surface area contributed by atoms with E-state index in [9.17, 15) is 26.3 Å². The van der Waals surface area contributed by atoms with Crippen LogP contribution in [0.25, 0.3) is 5.76 Å². The highest BCUT2D eigenvalue weighted by molar-refractivity contribution is 5.60. The van der Waals surface area contributed by atoms with Gasteiger partial charge in [-0.25, -0.2) is 0 Å². The summed E-state index contributed by atoms with van der Waals surface area (Å²) in [6.07, 6.45) is -9.05. The molecule has 4 aromatic rings. The van der Waals surface area contributed by atoms with E-state index in [1.807, 2.05) is 60.7 Å². The number of piperidine rings is 1. The summed E-state index contributed by atoms with van der Waals surface area (Å²) in [6, 6.07) is 20.8. The van der Waals surface area contributed by atoms with Crippen LogP contribution in [-0.2, 0) is 36.2 Å². The molecule has 0 saturated carbocycles. The van der Waals surface area contributed by atoms with Crippen molar-refractivity contribution >= 4 is 5.76 Å². The second kappa shape index (κ2) is 11.1. The minimum absolute atomic E-state index is 0.0295. The lowest BCUT2D eigenvalue weighted by atomic mass is 9.78. The fourth-order valence-corrected chi connectivity index (χ4v) is 6.79. The van der Waals surface area contributed by atoms with Gasteiger partial charge in [0.25, 0.3) is 0 Å². The Kier molecular flexibility index (Phi) is 7.51. The topological polar surface area (TPSA) is 56.1 Å². The molecule has 12 heteroatoms. The minimum atomic E-state index is -4.99. The third kappa shape index (κ3) is 5.47. The van der Waals surface area contributed by atoms with Crippen molar-refractivity contribution in [3.8, 4) is 0 Å². The molecular formula is C32H29F6N5O. The van der Waals surface area contributed by atoms with Crippen LogP contribution in [0.2, 0.25) is 0 Å². The second-order valence-electron chi connectivity index (χ2n) is 11.3. The number of rotatable bonds is 7. The van der Waals surface area contributed by atoms with Crippen LogP contribution in [0.1, 0.15) is 58.8 Å². The summed E-state index contributed by atoms with van der Waals surface area (Å²) in [6.45, 7) is 4.37. The molecule has 0 aliphatic carbocycles. The Balaban J connectivity index is 1.45. The second-order valence-corrected chi connectivity index (χ2v) is 11.3. The average molecular weight is 614 g/mol. The molecule has 44 heavy (non-hydrogen) atoms. The molecule has 4 unspecified atom stereocenters. The van der Waals surface area contributed by atoms with Gasteiger partial charge in [-0.15, -0.1) is 10.2 Å². The van der Waals surface area contributed by atoms with Crippen LogP contribution in [0, 0.1) is 0 Å². The first-order valence-electron chi connectivity index (χ1n) is 14.1. The monoisotopic (exact) mass is 613 g/mol. The predicted molar refractivity (Wildman–Crippen MR) is 150 cm³/mol. The van der Waals surface area contributed by atoms with Crippen molar-refractivity contribution in [3.63, 3.8) is 0 Å². The Hall–Kier alpha value is -4.19. The third-order valence-corrected chi connectivity index (χ3v) is 8.68. The van der Waals surface area contributed by atoms with Crippen LogP contribution in [0.5, 0.6) is 0 Å². The Morgan fingerprint density at radius 2 is 1.52 bits per heavy atom. The molecule has 0 radical (unpaired) electrons. The number of aryl methyl sites for hydroxylation is 1. The van der Waals surface area contributed by atoms with E-state index in [4.69, 9.17) is 4.74 Å². The quantitative estimate of drug-likeness (QED) is 0.161. The number of nitrogens with zero attached hydrogens (tertiary/aromatic N) is 5. The molecule has 2 aliphatic heterocycles. The number of fused-ring (bicyclic) bond motifs is 2. The number of halogens is 6. The molecule has 6 rings (SSSR count). The van der Waals surface area contributed by atoms with Crippen molar-refractivity contribution in [3.05, 3.63) is 119 Å². The van der Waals surface area contributed by atoms with Gasteiger partial charge in [-0.3, -0.25) is 4.90 Å². The van der Waals surface area contributed by atoms with E-state index in [0.29, 0.717) is 43.8 Å². The lowest BCUT2D eigenvalue weighted by Gasteiger charge is -2.50. The SMILES string of the molecule is C=C(OC1CCC2C(c3nnn(C)n3)CC1(c1ccccc1)N2Cc1ccccc1)c1cc(C(F)(F)F)cc(C(F)(F)F)c1. The maximum atomic E-state index is 13.7. The van der Waals surface area contributed by atoms with Crippen molar-refractivity contribution in [1.29, 1.82) is 0 Å². The van der Waals surface area contributed by atoms with Gasteiger partial charge in [-0.1, -0.05) is 67.2 Å². The van der Waals surface area contributed by atoms with Gasteiger partial charge in [-0.2, -0.15) is 31.1 Å². The van der Waals surface area contributed by atoms with E-state index < -0.39 is 35.1 Å². The molecule has 6 nitrogen and oxygen atoms in total. The molecule has 2 fully saturated rings. The van der Waals surface area contributed by atoms with Gasteiger partial charge in [0.1, 0.15) is 11.9 Å². The summed E-state index contributed by atoms with van der Waals surface area (Å²) in [5.74, 6) is 0.154. The van der Waals surface area contributed by atoms with Crippen LogP contribution in [0.3, 0.4) is 0 Å². The molecule has 0 N–H and O–H groups in total. The van der Waals surface area contributed by atoms with E-state index >= 15 is 0 Å². The van der Waals surface area contributed by atoms with Gasteiger partial charge in [0.2, 0.25) is 0 Å². The van der Waals surface area contributed by atoms with Crippen molar-refractivity contribution < 1.29 is 31.1 Å². The molecular weight excluding hydrogens is 584 g/mol. The fourth-order valence-electron chi connectivity index (χ4n) is 6.79. The lowest BCUT2D eigenvalue weighted by molar-refractivity contribution is -0.143. The maximum Gasteiger partial charge on any atom is 0.416 e. The third-order valence-electron chi connectivity index (χ3n) is 8.68. The van der Waals surface area contributed by atoms with Gasteiger partial charge in [0.15, 0.2) is 5.82 Å². The summed E-state index contributed by atoms with van der Waals surface area (Å²) in [7, 11) is 1.69. The first-order valence-corrected chi connectivity index (χ1v) is 14.1. The summed E-state index contributed by atoms with van der Waals surface area (Å²) in [5, 5.41) is 12.9. The van der Waals surface area contributed by atoms with E-state index in [2.05, 4.69) is 26.9 Å². The Bertz CT molecular complexity index is 1610. The molecule has 2 bridgehead atoms. The molecule has 1 aromatic heterocycles. The standard InChI is InChI=1S/C32H29F6N5O/c1-20(22-15-24(31(33,34)35)17-25(16-22)32(36,37)38)44-28-14-13-27-26(29-39-41-42(2)40-29)18-30(28,23-11-7-4-8-12-23)43(27)19-21-9-5-3-6-10-21/h3-12,15-17,26-28H,1,13-14,18-19H2,2H3. The largest absolute Gasteiger partial charge is 0.488 e. The molecule has 2 saturated heterocycles. The summed E-state index contributed by atoms with van der Waals surface area (Å²) < 4.78 is 88.4. The van der Waals surface area contributed by atoms with Crippen molar-refractivity contribution in [2.24, 2.45) is 7.05 Å². The van der Waals surface area contributed by atoms with Crippen molar-refractivity contribution in [2.45, 2.75) is 61.8 Å². The zero-order valence-corrected chi connectivity index (χ0v) is 23.7. The smallest absolute Gasteiger partial charge is 0.416 e. The van der Waals surface area contributed by atoms with Gasteiger partial charge >= 0.3 is 12.4 Å². The summed E-state index contributed by atoms with van der Waals surface area (Å²) >= 11 is 0. The molecule has 3 aromatic carbocycles.